The predicted octanol–water partition coefficient (Wildman–Crippen LogP) is -0.719. The van der Waals surface area contributed by atoms with E-state index in [-0.39, 0.29) is 5.82 Å². The Balaban J connectivity index is 2.33. The topological polar surface area (TPSA) is 84.1 Å². The first-order valence-electron chi connectivity index (χ1n) is 4.84. The highest BCUT2D eigenvalue weighted by Crippen LogP contribution is 2.19. The number of nitrogens with zero attached hydrogens (tertiary/aromatic N) is 3. The van der Waals surface area contributed by atoms with Crippen molar-refractivity contribution in [3.8, 4) is 0 Å². The van der Waals surface area contributed by atoms with Crippen LogP contribution in [0.5, 0.6) is 0 Å². The second-order valence-electron chi connectivity index (χ2n) is 3.35. The standard InChI is InChI=1S/C9H13N5O/c10-8-7(5-15)9(13-6-12-8)14-3-1-11-2-4-14/h5-6,11H,1-4H2,(H2,10,12,13). The molecule has 80 valence electrons. The van der Waals surface area contributed by atoms with Gasteiger partial charge in [-0.05, 0) is 0 Å². The molecule has 2 heterocycles. The number of carbonyl (C=O) groups is 1. The third-order valence-electron chi connectivity index (χ3n) is 2.43. The van der Waals surface area contributed by atoms with Gasteiger partial charge in [0.1, 0.15) is 18.0 Å². The van der Waals surface area contributed by atoms with Crippen LogP contribution in [-0.4, -0.2) is 42.4 Å². The van der Waals surface area contributed by atoms with E-state index >= 15 is 0 Å². The average Bonchev–Trinajstić information content (AvgIpc) is 2.30. The van der Waals surface area contributed by atoms with Crippen molar-refractivity contribution in [2.45, 2.75) is 0 Å². The Morgan fingerprint density at radius 1 is 1.40 bits per heavy atom. The predicted molar refractivity (Wildman–Crippen MR) is 56.9 cm³/mol. The number of aldehydes is 1. The van der Waals surface area contributed by atoms with Gasteiger partial charge in [-0.3, -0.25) is 4.79 Å². The lowest BCUT2D eigenvalue weighted by molar-refractivity contribution is 0.112. The number of piperazine rings is 1. The third-order valence-corrected chi connectivity index (χ3v) is 2.43. The number of nitrogens with two attached hydrogens (primary N) is 1. The summed E-state index contributed by atoms with van der Waals surface area (Å²) in [7, 11) is 0. The van der Waals surface area contributed by atoms with Crippen molar-refractivity contribution in [3.05, 3.63) is 11.9 Å². The van der Waals surface area contributed by atoms with Crippen LogP contribution in [0.3, 0.4) is 0 Å². The highest BCUT2D eigenvalue weighted by molar-refractivity contribution is 5.88. The number of aromatic nitrogens is 2. The molecule has 0 aromatic carbocycles. The van der Waals surface area contributed by atoms with E-state index in [1.54, 1.807) is 0 Å². The molecule has 1 aromatic rings. The molecule has 1 aliphatic rings. The van der Waals surface area contributed by atoms with Crippen molar-refractivity contribution in [2.75, 3.05) is 36.8 Å². The van der Waals surface area contributed by atoms with Crippen LogP contribution in [-0.2, 0) is 0 Å². The molecule has 0 radical (unpaired) electrons. The van der Waals surface area contributed by atoms with Crippen LogP contribution in [0.25, 0.3) is 0 Å². The van der Waals surface area contributed by atoms with Gasteiger partial charge in [-0.25, -0.2) is 9.97 Å². The van der Waals surface area contributed by atoms with E-state index in [1.807, 2.05) is 4.90 Å². The summed E-state index contributed by atoms with van der Waals surface area (Å²) in [5, 5.41) is 3.23. The fraction of sp³-hybridized carbons (Fsp3) is 0.444. The molecular weight excluding hydrogens is 194 g/mol. The van der Waals surface area contributed by atoms with Gasteiger partial charge in [0, 0.05) is 26.2 Å². The molecule has 0 saturated carbocycles. The highest BCUT2D eigenvalue weighted by Gasteiger charge is 2.17. The van der Waals surface area contributed by atoms with Crippen molar-refractivity contribution in [1.29, 1.82) is 0 Å². The van der Waals surface area contributed by atoms with E-state index < -0.39 is 0 Å². The Morgan fingerprint density at radius 3 is 2.80 bits per heavy atom. The van der Waals surface area contributed by atoms with Crippen LogP contribution < -0.4 is 16.0 Å². The molecule has 0 unspecified atom stereocenters. The number of anilines is 2. The zero-order chi connectivity index (χ0) is 10.7. The van der Waals surface area contributed by atoms with Gasteiger partial charge >= 0.3 is 0 Å². The van der Waals surface area contributed by atoms with Gasteiger partial charge < -0.3 is 16.0 Å². The van der Waals surface area contributed by atoms with E-state index in [0.717, 1.165) is 26.2 Å². The molecule has 0 bridgehead atoms. The van der Waals surface area contributed by atoms with Crippen molar-refractivity contribution in [1.82, 2.24) is 15.3 Å². The fourth-order valence-corrected chi connectivity index (χ4v) is 1.64. The first kappa shape index (κ1) is 9.85. The molecule has 1 aromatic heterocycles. The maximum absolute atomic E-state index is 10.9. The van der Waals surface area contributed by atoms with Crippen LogP contribution >= 0.6 is 0 Å². The van der Waals surface area contributed by atoms with Gasteiger partial charge in [-0.15, -0.1) is 0 Å². The monoisotopic (exact) mass is 207 g/mol. The molecule has 1 saturated heterocycles. The summed E-state index contributed by atoms with van der Waals surface area (Å²) in [6.45, 7) is 3.44. The zero-order valence-corrected chi connectivity index (χ0v) is 8.31. The van der Waals surface area contributed by atoms with E-state index in [9.17, 15) is 4.79 Å². The molecule has 6 heteroatoms. The summed E-state index contributed by atoms with van der Waals surface area (Å²) in [5.74, 6) is 0.882. The molecule has 15 heavy (non-hydrogen) atoms. The Labute approximate surface area is 87.5 Å². The lowest BCUT2D eigenvalue weighted by Gasteiger charge is -2.29. The molecule has 0 aliphatic carbocycles. The molecule has 2 rings (SSSR count). The number of hydrogen-bond donors (Lipinski definition) is 2. The molecule has 0 spiro atoms. The molecule has 3 N–H and O–H groups in total. The molecule has 1 fully saturated rings. The number of hydrogen-bond acceptors (Lipinski definition) is 6. The first-order valence-corrected chi connectivity index (χ1v) is 4.84. The number of rotatable bonds is 2. The zero-order valence-electron chi connectivity index (χ0n) is 8.31. The third kappa shape index (κ3) is 1.89. The smallest absolute Gasteiger partial charge is 0.157 e. The molecular formula is C9H13N5O. The maximum atomic E-state index is 10.9. The second kappa shape index (κ2) is 4.22. The van der Waals surface area contributed by atoms with Crippen LogP contribution in [0.1, 0.15) is 10.4 Å². The molecule has 0 atom stereocenters. The van der Waals surface area contributed by atoms with Crippen molar-refractivity contribution < 1.29 is 4.79 Å². The normalized spacial score (nSPS) is 16.4. The van der Waals surface area contributed by atoms with Crippen molar-refractivity contribution in [3.63, 3.8) is 0 Å². The Bertz CT molecular complexity index is 362. The van der Waals surface area contributed by atoms with Gasteiger partial charge in [-0.1, -0.05) is 0 Å². The summed E-state index contributed by atoms with van der Waals surface area (Å²) in [6.07, 6.45) is 2.10. The maximum Gasteiger partial charge on any atom is 0.157 e. The van der Waals surface area contributed by atoms with E-state index in [4.69, 9.17) is 5.73 Å². The Hall–Kier alpha value is -1.69. The second-order valence-corrected chi connectivity index (χ2v) is 3.35. The molecule has 6 nitrogen and oxygen atoms in total. The van der Waals surface area contributed by atoms with Crippen molar-refractivity contribution in [2.24, 2.45) is 0 Å². The van der Waals surface area contributed by atoms with E-state index in [2.05, 4.69) is 15.3 Å². The quantitative estimate of drug-likeness (QED) is 0.623. The van der Waals surface area contributed by atoms with Gasteiger partial charge in [0.05, 0.1) is 5.56 Å². The highest BCUT2D eigenvalue weighted by atomic mass is 16.1. The van der Waals surface area contributed by atoms with Gasteiger partial charge in [0.25, 0.3) is 0 Å². The first-order chi connectivity index (χ1) is 7.33. The average molecular weight is 207 g/mol. The van der Waals surface area contributed by atoms with E-state index in [1.165, 1.54) is 6.33 Å². The minimum absolute atomic E-state index is 0.244. The fourth-order valence-electron chi connectivity index (χ4n) is 1.64. The van der Waals surface area contributed by atoms with Crippen LogP contribution in [0.2, 0.25) is 0 Å². The van der Waals surface area contributed by atoms with E-state index in [0.29, 0.717) is 17.7 Å². The lowest BCUT2D eigenvalue weighted by atomic mass is 10.2. The number of nitrogens with one attached hydrogen (secondary N) is 1. The summed E-state index contributed by atoms with van der Waals surface area (Å²) in [4.78, 5) is 20.8. The molecule has 0 amide bonds. The van der Waals surface area contributed by atoms with Gasteiger partial charge in [-0.2, -0.15) is 0 Å². The lowest BCUT2D eigenvalue weighted by Crippen LogP contribution is -2.44. The number of nitrogen functional groups attached to an aromatic ring is 1. The van der Waals surface area contributed by atoms with Gasteiger partial charge in [0.15, 0.2) is 6.29 Å². The Kier molecular flexibility index (Phi) is 2.77. The molecule has 1 aliphatic heterocycles. The van der Waals surface area contributed by atoms with Crippen molar-refractivity contribution >= 4 is 17.9 Å². The van der Waals surface area contributed by atoms with Gasteiger partial charge in [0.2, 0.25) is 0 Å². The summed E-state index contributed by atoms with van der Waals surface area (Å²) in [6, 6.07) is 0. The summed E-state index contributed by atoms with van der Waals surface area (Å²) >= 11 is 0. The summed E-state index contributed by atoms with van der Waals surface area (Å²) < 4.78 is 0. The summed E-state index contributed by atoms with van der Waals surface area (Å²) in [5.41, 5.74) is 6.00. The van der Waals surface area contributed by atoms with Crippen LogP contribution in [0.15, 0.2) is 6.33 Å². The van der Waals surface area contributed by atoms with Crippen LogP contribution in [0.4, 0.5) is 11.6 Å². The minimum atomic E-state index is 0.244. The minimum Gasteiger partial charge on any atom is -0.383 e. The largest absolute Gasteiger partial charge is 0.383 e. The SMILES string of the molecule is Nc1ncnc(N2CCNCC2)c1C=O. The van der Waals surface area contributed by atoms with Crippen LogP contribution in [0, 0.1) is 0 Å². The Morgan fingerprint density at radius 2 is 2.13 bits per heavy atom. The number of carbonyl (C=O) groups excluding carboxylic acids is 1.